The van der Waals surface area contributed by atoms with Gasteiger partial charge in [-0.15, -0.1) is 0 Å². The number of piperazine rings is 2. The van der Waals surface area contributed by atoms with Gasteiger partial charge in [0, 0.05) is 23.2 Å². The number of fused-ring (bicyclic) bond motifs is 1. The molecule has 2 aliphatic heterocycles. The van der Waals surface area contributed by atoms with Gasteiger partial charge in [-0.1, -0.05) is 22.0 Å². The van der Waals surface area contributed by atoms with Gasteiger partial charge in [-0.3, -0.25) is 9.59 Å². The van der Waals surface area contributed by atoms with Gasteiger partial charge in [0.1, 0.15) is 6.54 Å². The molecule has 6 heteroatoms. The number of hydrogen-bond acceptors (Lipinski definition) is 3. The van der Waals surface area contributed by atoms with Gasteiger partial charge in [0.2, 0.25) is 11.8 Å². The second-order valence-corrected chi connectivity index (χ2v) is 6.10. The quantitative estimate of drug-likeness (QED) is 0.828. The van der Waals surface area contributed by atoms with Crippen LogP contribution in [0.25, 0.3) is 0 Å². The zero-order valence-corrected chi connectivity index (χ0v) is 12.8. The lowest BCUT2D eigenvalue weighted by Crippen LogP contribution is -2.65. The average molecular weight is 338 g/mol. The highest BCUT2D eigenvalue weighted by Crippen LogP contribution is 2.26. The van der Waals surface area contributed by atoms with Gasteiger partial charge in [0.15, 0.2) is 0 Å². The number of benzene rings is 1. The molecule has 2 heterocycles. The first-order valence-corrected chi connectivity index (χ1v) is 7.42. The minimum absolute atomic E-state index is 0.0133. The SMILES string of the molecule is Cc1ccc(N2CC3CNCC(=O)N3CC2=O)cc1Br. The maximum atomic E-state index is 12.3. The molecule has 1 N–H and O–H groups in total. The summed E-state index contributed by atoms with van der Waals surface area (Å²) in [7, 11) is 0. The Hall–Kier alpha value is -1.40. The summed E-state index contributed by atoms with van der Waals surface area (Å²) in [6.45, 7) is 3.81. The monoisotopic (exact) mass is 337 g/mol. The topological polar surface area (TPSA) is 52.7 Å². The highest BCUT2D eigenvalue weighted by Gasteiger charge is 2.37. The number of carbonyl (C=O) groups excluding carboxylic acids is 2. The van der Waals surface area contributed by atoms with Gasteiger partial charge in [0.05, 0.1) is 12.6 Å². The van der Waals surface area contributed by atoms with Crippen molar-refractivity contribution in [3.05, 3.63) is 28.2 Å². The van der Waals surface area contributed by atoms with Crippen LogP contribution < -0.4 is 10.2 Å². The van der Waals surface area contributed by atoms with Crippen LogP contribution in [0.2, 0.25) is 0 Å². The summed E-state index contributed by atoms with van der Waals surface area (Å²) in [5, 5.41) is 3.10. The number of nitrogens with one attached hydrogen (secondary N) is 1. The third-order valence-electron chi connectivity index (χ3n) is 3.88. The Morgan fingerprint density at radius 1 is 1.30 bits per heavy atom. The van der Waals surface area contributed by atoms with E-state index in [0.29, 0.717) is 13.1 Å². The maximum Gasteiger partial charge on any atom is 0.246 e. The molecule has 1 aromatic carbocycles. The second-order valence-electron chi connectivity index (χ2n) is 5.24. The lowest BCUT2D eigenvalue weighted by Gasteiger charge is -2.43. The van der Waals surface area contributed by atoms with E-state index in [0.717, 1.165) is 22.3 Å². The van der Waals surface area contributed by atoms with E-state index in [4.69, 9.17) is 0 Å². The Labute approximate surface area is 126 Å². The summed E-state index contributed by atoms with van der Waals surface area (Å²) in [6.07, 6.45) is 0. The maximum absolute atomic E-state index is 12.3. The van der Waals surface area contributed by atoms with E-state index in [1.807, 2.05) is 25.1 Å². The summed E-state index contributed by atoms with van der Waals surface area (Å²) >= 11 is 3.50. The molecule has 0 aliphatic carbocycles. The van der Waals surface area contributed by atoms with Gasteiger partial charge in [-0.05, 0) is 24.6 Å². The fraction of sp³-hybridized carbons (Fsp3) is 0.429. The first-order valence-electron chi connectivity index (χ1n) is 6.63. The highest BCUT2D eigenvalue weighted by atomic mass is 79.9. The van der Waals surface area contributed by atoms with E-state index < -0.39 is 0 Å². The van der Waals surface area contributed by atoms with Crippen molar-refractivity contribution in [1.82, 2.24) is 10.2 Å². The molecule has 0 radical (unpaired) electrons. The van der Waals surface area contributed by atoms with Crippen LogP contribution in [0.3, 0.4) is 0 Å². The van der Waals surface area contributed by atoms with Crippen LogP contribution in [0.15, 0.2) is 22.7 Å². The Bertz CT molecular complexity index is 576. The normalized spacial score (nSPS) is 23.0. The molecule has 2 saturated heterocycles. The molecular formula is C14H16BrN3O2. The van der Waals surface area contributed by atoms with E-state index in [1.165, 1.54) is 0 Å². The van der Waals surface area contributed by atoms with Crippen LogP contribution in [0, 0.1) is 6.92 Å². The van der Waals surface area contributed by atoms with Crippen LogP contribution >= 0.6 is 15.9 Å². The molecule has 2 aliphatic rings. The average Bonchev–Trinajstić information content (AvgIpc) is 2.42. The molecule has 0 bridgehead atoms. The molecular weight excluding hydrogens is 322 g/mol. The number of amides is 2. The number of hydrogen-bond donors (Lipinski definition) is 1. The Kier molecular flexibility index (Phi) is 3.52. The zero-order valence-electron chi connectivity index (χ0n) is 11.2. The van der Waals surface area contributed by atoms with Crippen molar-refractivity contribution < 1.29 is 9.59 Å². The number of carbonyl (C=O) groups is 2. The largest absolute Gasteiger partial charge is 0.326 e. The van der Waals surface area contributed by atoms with Crippen molar-refractivity contribution in [1.29, 1.82) is 0 Å². The third-order valence-corrected chi connectivity index (χ3v) is 4.74. The number of halogens is 1. The highest BCUT2D eigenvalue weighted by molar-refractivity contribution is 9.10. The molecule has 1 aromatic rings. The first kappa shape index (κ1) is 13.6. The molecule has 1 atom stereocenters. The first-order chi connectivity index (χ1) is 9.56. The van der Waals surface area contributed by atoms with Crippen LogP contribution in [0.4, 0.5) is 5.69 Å². The molecule has 20 heavy (non-hydrogen) atoms. The third kappa shape index (κ3) is 2.33. The van der Waals surface area contributed by atoms with Gasteiger partial charge >= 0.3 is 0 Å². The summed E-state index contributed by atoms with van der Waals surface area (Å²) in [4.78, 5) is 27.6. The Morgan fingerprint density at radius 3 is 2.85 bits per heavy atom. The Balaban J connectivity index is 1.86. The number of aryl methyl sites for hydroxylation is 1. The predicted octanol–water partition coefficient (Wildman–Crippen LogP) is 0.905. The molecule has 5 nitrogen and oxygen atoms in total. The zero-order chi connectivity index (χ0) is 14.3. The smallest absolute Gasteiger partial charge is 0.246 e. The Morgan fingerprint density at radius 2 is 2.10 bits per heavy atom. The molecule has 2 fully saturated rings. The molecule has 0 spiro atoms. The summed E-state index contributed by atoms with van der Waals surface area (Å²) in [5.74, 6) is -0.00779. The number of anilines is 1. The fourth-order valence-corrected chi connectivity index (χ4v) is 3.05. The van der Waals surface area contributed by atoms with E-state index in [9.17, 15) is 9.59 Å². The molecule has 0 aromatic heterocycles. The van der Waals surface area contributed by atoms with Crippen LogP contribution in [0.1, 0.15) is 5.56 Å². The van der Waals surface area contributed by atoms with E-state index in [-0.39, 0.29) is 24.4 Å². The molecule has 106 valence electrons. The number of nitrogens with zero attached hydrogens (tertiary/aromatic N) is 2. The van der Waals surface area contributed by atoms with Gasteiger partial charge in [-0.2, -0.15) is 0 Å². The van der Waals surface area contributed by atoms with Crippen LogP contribution in [-0.4, -0.2) is 48.9 Å². The standard InChI is InChI=1S/C14H16BrN3O2/c1-9-2-3-10(4-12(9)15)17-7-11-5-16-6-13(19)18(11)8-14(17)20/h2-4,11,16H,5-8H2,1H3. The van der Waals surface area contributed by atoms with Crippen LogP contribution in [0.5, 0.6) is 0 Å². The number of rotatable bonds is 1. The lowest BCUT2D eigenvalue weighted by molar-refractivity contribution is -0.141. The van der Waals surface area contributed by atoms with Crippen molar-refractivity contribution in [2.24, 2.45) is 0 Å². The van der Waals surface area contributed by atoms with E-state index in [2.05, 4.69) is 21.2 Å². The lowest BCUT2D eigenvalue weighted by atomic mass is 10.1. The van der Waals surface area contributed by atoms with Crippen LogP contribution in [-0.2, 0) is 9.59 Å². The minimum Gasteiger partial charge on any atom is -0.326 e. The van der Waals surface area contributed by atoms with Crippen molar-refractivity contribution >= 4 is 33.4 Å². The van der Waals surface area contributed by atoms with Gasteiger partial charge < -0.3 is 15.1 Å². The molecule has 1 unspecified atom stereocenters. The molecule has 0 saturated carbocycles. The van der Waals surface area contributed by atoms with Crippen molar-refractivity contribution in [3.63, 3.8) is 0 Å². The van der Waals surface area contributed by atoms with Crippen molar-refractivity contribution in [2.45, 2.75) is 13.0 Å². The van der Waals surface area contributed by atoms with Crippen molar-refractivity contribution in [2.75, 3.05) is 31.1 Å². The fourth-order valence-electron chi connectivity index (χ4n) is 2.68. The van der Waals surface area contributed by atoms with E-state index >= 15 is 0 Å². The molecule has 3 rings (SSSR count). The molecule has 2 amide bonds. The second kappa shape index (κ2) is 5.18. The summed E-state index contributed by atoms with van der Waals surface area (Å²) in [5.41, 5.74) is 2.01. The minimum atomic E-state index is -0.0211. The summed E-state index contributed by atoms with van der Waals surface area (Å²) in [6, 6.07) is 5.96. The van der Waals surface area contributed by atoms with Gasteiger partial charge in [-0.25, -0.2) is 0 Å². The predicted molar refractivity (Wildman–Crippen MR) is 79.6 cm³/mol. The summed E-state index contributed by atoms with van der Waals surface area (Å²) < 4.78 is 0.989. The van der Waals surface area contributed by atoms with E-state index in [1.54, 1.807) is 9.80 Å². The van der Waals surface area contributed by atoms with Gasteiger partial charge in [0.25, 0.3) is 0 Å². The van der Waals surface area contributed by atoms with Crippen molar-refractivity contribution in [3.8, 4) is 0 Å².